The number of nitrogens with two attached hydrogens (primary N) is 1. The lowest BCUT2D eigenvalue weighted by Gasteiger charge is -2.27. The van der Waals surface area contributed by atoms with E-state index in [9.17, 15) is 9.18 Å². The summed E-state index contributed by atoms with van der Waals surface area (Å²) in [5.41, 5.74) is 6.26. The van der Waals surface area contributed by atoms with Gasteiger partial charge in [-0.15, -0.1) is 0 Å². The Morgan fingerprint density at radius 1 is 1.38 bits per heavy atom. The van der Waals surface area contributed by atoms with Crippen molar-refractivity contribution in [2.75, 3.05) is 0 Å². The highest BCUT2D eigenvalue weighted by molar-refractivity contribution is 5.98. The van der Waals surface area contributed by atoms with Gasteiger partial charge >= 0.3 is 0 Å². The predicted octanol–water partition coefficient (Wildman–Crippen LogP) is 1.92. The Morgan fingerprint density at radius 3 is 2.81 bits per heavy atom. The van der Waals surface area contributed by atoms with Crippen molar-refractivity contribution in [1.82, 2.24) is 4.98 Å². The number of aromatic nitrogens is 1. The molecule has 2 rings (SSSR count). The molecule has 1 aliphatic rings. The second-order valence-electron chi connectivity index (χ2n) is 4.31. The maximum absolute atomic E-state index is 12.9. The van der Waals surface area contributed by atoms with Crippen LogP contribution in [0.2, 0.25) is 0 Å². The summed E-state index contributed by atoms with van der Waals surface area (Å²) in [6.07, 6.45) is 6.28. The number of Topliss-reactive ketones (excluding diaryl/α,β-unsaturated/α-hetero) is 1. The molecule has 0 aliphatic heterocycles. The number of pyridine rings is 1. The first-order valence-electron chi connectivity index (χ1n) is 5.59. The van der Waals surface area contributed by atoms with Gasteiger partial charge in [-0.05, 0) is 18.9 Å². The van der Waals surface area contributed by atoms with E-state index in [1.54, 1.807) is 0 Å². The third-order valence-corrected chi connectivity index (χ3v) is 3.15. The maximum Gasteiger partial charge on any atom is 0.169 e. The Morgan fingerprint density at radius 2 is 2.12 bits per heavy atom. The first kappa shape index (κ1) is 11.2. The fourth-order valence-corrected chi connectivity index (χ4v) is 2.25. The minimum atomic E-state index is -0.477. The SMILES string of the molecule is NC1CCCCC1C(=O)c1cncc(F)c1. The molecule has 0 amide bonds. The van der Waals surface area contributed by atoms with Crippen LogP contribution in [0, 0.1) is 11.7 Å². The molecule has 0 spiro atoms. The zero-order chi connectivity index (χ0) is 11.5. The van der Waals surface area contributed by atoms with Gasteiger partial charge in [-0.25, -0.2) is 4.39 Å². The van der Waals surface area contributed by atoms with Crippen molar-refractivity contribution >= 4 is 5.78 Å². The smallest absolute Gasteiger partial charge is 0.169 e. The van der Waals surface area contributed by atoms with E-state index in [0.717, 1.165) is 31.9 Å². The second kappa shape index (κ2) is 4.70. The summed E-state index contributed by atoms with van der Waals surface area (Å²) in [7, 11) is 0. The molecule has 0 bridgehead atoms. The van der Waals surface area contributed by atoms with E-state index in [1.165, 1.54) is 12.3 Å². The van der Waals surface area contributed by atoms with Crippen molar-refractivity contribution in [1.29, 1.82) is 0 Å². The summed E-state index contributed by atoms with van der Waals surface area (Å²) in [5, 5.41) is 0. The predicted molar refractivity (Wildman–Crippen MR) is 58.5 cm³/mol. The van der Waals surface area contributed by atoms with E-state index in [1.807, 2.05) is 0 Å². The highest BCUT2D eigenvalue weighted by atomic mass is 19.1. The largest absolute Gasteiger partial charge is 0.327 e. The van der Waals surface area contributed by atoms with Crippen LogP contribution >= 0.6 is 0 Å². The lowest BCUT2D eigenvalue weighted by Crippen LogP contribution is -2.38. The van der Waals surface area contributed by atoms with Crippen LogP contribution in [0.15, 0.2) is 18.5 Å². The normalized spacial score (nSPS) is 25.4. The number of carbonyl (C=O) groups excluding carboxylic acids is 1. The average molecular weight is 222 g/mol. The number of halogens is 1. The third kappa shape index (κ3) is 2.27. The number of hydrogen-bond donors (Lipinski definition) is 1. The van der Waals surface area contributed by atoms with Crippen LogP contribution in [0.25, 0.3) is 0 Å². The lowest BCUT2D eigenvalue weighted by atomic mass is 9.80. The molecule has 0 radical (unpaired) electrons. The molecule has 2 unspecified atom stereocenters. The van der Waals surface area contributed by atoms with Gasteiger partial charge in [0.15, 0.2) is 5.78 Å². The van der Waals surface area contributed by atoms with Crippen LogP contribution in [0.1, 0.15) is 36.0 Å². The molecule has 1 aliphatic carbocycles. The fourth-order valence-electron chi connectivity index (χ4n) is 2.25. The molecule has 1 aromatic rings. The summed E-state index contributed by atoms with van der Waals surface area (Å²) in [4.78, 5) is 15.8. The monoisotopic (exact) mass is 222 g/mol. The van der Waals surface area contributed by atoms with E-state index in [0.29, 0.717) is 5.56 Å². The van der Waals surface area contributed by atoms with Gasteiger partial charge in [-0.3, -0.25) is 9.78 Å². The minimum absolute atomic E-state index is 0.0702. The van der Waals surface area contributed by atoms with Gasteiger partial charge in [-0.2, -0.15) is 0 Å². The molecule has 86 valence electrons. The van der Waals surface area contributed by atoms with Crippen molar-refractivity contribution in [3.8, 4) is 0 Å². The highest BCUT2D eigenvalue weighted by Crippen LogP contribution is 2.26. The summed E-state index contributed by atoms with van der Waals surface area (Å²) in [5.74, 6) is -0.716. The van der Waals surface area contributed by atoms with Gasteiger partial charge in [0.05, 0.1) is 6.20 Å². The van der Waals surface area contributed by atoms with Crippen molar-refractivity contribution < 1.29 is 9.18 Å². The molecule has 3 nitrogen and oxygen atoms in total. The Kier molecular flexibility index (Phi) is 3.29. The van der Waals surface area contributed by atoms with Crippen molar-refractivity contribution in [2.45, 2.75) is 31.7 Å². The topological polar surface area (TPSA) is 56.0 Å². The fraction of sp³-hybridized carbons (Fsp3) is 0.500. The van der Waals surface area contributed by atoms with E-state index >= 15 is 0 Å². The van der Waals surface area contributed by atoms with Crippen LogP contribution in [0.5, 0.6) is 0 Å². The number of carbonyl (C=O) groups is 1. The summed E-state index contributed by atoms with van der Waals surface area (Å²) in [6.45, 7) is 0. The van der Waals surface area contributed by atoms with Gasteiger partial charge in [-0.1, -0.05) is 12.8 Å². The first-order chi connectivity index (χ1) is 7.68. The first-order valence-corrected chi connectivity index (χ1v) is 5.59. The van der Waals surface area contributed by atoms with Crippen LogP contribution in [0.3, 0.4) is 0 Å². The molecular formula is C12H15FN2O. The molecule has 0 aromatic carbocycles. The van der Waals surface area contributed by atoms with E-state index in [2.05, 4.69) is 4.98 Å². The van der Waals surface area contributed by atoms with Gasteiger partial charge in [0.2, 0.25) is 0 Å². The van der Waals surface area contributed by atoms with Gasteiger partial charge < -0.3 is 5.73 Å². The number of hydrogen-bond acceptors (Lipinski definition) is 3. The third-order valence-electron chi connectivity index (χ3n) is 3.15. The molecule has 0 saturated heterocycles. The molecule has 1 aromatic heterocycles. The molecule has 2 atom stereocenters. The summed E-state index contributed by atoms with van der Waals surface area (Å²) >= 11 is 0. The molecule has 4 heteroatoms. The Bertz CT molecular complexity index is 394. The zero-order valence-corrected chi connectivity index (χ0v) is 9.03. The quantitative estimate of drug-likeness (QED) is 0.778. The van der Waals surface area contributed by atoms with Gasteiger partial charge in [0.25, 0.3) is 0 Å². The van der Waals surface area contributed by atoms with E-state index in [4.69, 9.17) is 5.73 Å². The van der Waals surface area contributed by atoms with Crippen LogP contribution in [-0.2, 0) is 0 Å². The molecule has 16 heavy (non-hydrogen) atoms. The van der Waals surface area contributed by atoms with Gasteiger partial charge in [0, 0.05) is 23.7 Å². The number of ketones is 1. The standard InChI is InChI=1S/C12H15FN2O/c13-9-5-8(6-15-7-9)12(16)10-3-1-2-4-11(10)14/h5-7,10-11H,1-4,14H2. The van der Waals surface area contributed by atoms with Crippen LogP contribution in [-0.4, -0.2) is 16.8 Å². The Hall–Kier alpha value is -1.29. The minimum Gasteiger partial charge on any atom is -0.327 e. The number of nitrogens with zero attached hydrogens (tertiary/aromatic N) is 1. The van der Waals surface area contributed by atoms with E-state index < -0.39 is 5.82 Å². The van der Waals surface area contributed by atoms with Crippen molar-refractivity contribution in [2.24, 2.45) is 11.7 Å². The number of rotatable bonds is 2. The average Bonchev–Trinajstić information content (AvgIpc) is 2.29. The summed E-state index contributed by atoms with van der Waals surface area (Å²) < 4.78 is 12.9. The van der Waals surface area contributed by atoms with Crippen molar-refractivity contribution in [3.05, 3.63) is 29.8 Å². The molecule has 1 heterocycles. The Balaban J connectivity index is 2.17. The van der Waals surface area contributed by atoms with Crippen LogP contribution in [0.4, 0.5) is 4.39 Å². The molecule has 1 saturated carbocycles. The highest BCUT2D eigenvalue weighted by Gasteiger charge is 2.29. The van der Waals surface area contributed by atoms with E-state index in [-0.39, 0.29) is 17.7 Å². The molecular weight excluding hydrogens is 207 g/mol. The Labute approximate surface area is 93.9 Å². The molecule has 2 N–H and O–H groups in total. The maximum atomic E-state index is 12.9. The van der Waals surface area contributed by atoms with Crippen molar-refractivity contribution in [3.63, 3.8) is 0 Å². The van der Waals surface area contributed by atoms with Gasteiger partial charge in [0.1, 0.15) is 5.82 Å². The molecule has 1 fully saturated rings. The zero-order valence-electron chi connectivity index (χ0n) is 9.03. The summed E-state index contributed by atoms with van der Waals surface area (Å²) in [6, 6.07) is 1.14. The lowest BCUT2D eigenvalue weighted by molar-refractivity contribution is 0.0870. The second-order valence-corrected chi connectivity index (χ2v) is 4.31. The van der Waals surface area contributed by atoms with Crippen LogP contribution < -0.4 is 5.73 Å².